The van der Waals surface area contributed by atoms with Gasteiger partial charge < -0.3 is 9.47 Å². The Kier molecular flexibility index (Phi) is 9.28. The molecule has 1 aliphatic carbocycles. The lowest BCUT2D eigenvalue weighted by Gasteiger charge is -2.26. The summed E-state index contributed by atoms with van der Waals surface area (Å²) < 4.78 is 2.41. The van der Waals surface area contributed by atoms with Crippen LogP contribution in [-0.2, 0) is 5.41 Å². The summed E-state index contributed by atoms with van der Waals surface area (Å²) in [4.78, 5) is 2.35. The molecule has 71 heavy (non-hydrogen) atoms. The number of benzene rings is 12. The Labute approximate surface area is 414 Å². The van der Waals surface area contributed by atoms with Gasteiger partial charge in [-0.25, -0.2) is 0 Å². The fourth-order valence-corrected chi connectivity index (χ4v) is 11.8. The average Bonchev–Trinajstić information content (AvgIpc) is 3.88. The highest BCUT2D eigenvalue weighted by Crippen LogP contribution is 2.50. The number of hydrogen-bond donors (Lipinski definition) is 0. The maximum Gasteiger partial charge on any atom is 0.0541 e. The summed E-state index contributed by atoms with van der Waals surface area (Å²) in [6.45, 7) is 4.72. The van der Waals surface area contributed by atoms with Gasteiger partial charge >= 0.3 is 0 Å². The second kappa shape index (κ2) is 16.1. The molecular formula is C69H48N2. The highest BCUT2D eigenvalue weighted by Gasteiger charge is 2.35. The van der Waals surface area contributed by atoms with Gasteiger partial charge in [-0.3, -0.25) is 0 Å². The monoisotopic (exact) mass is 904 g/mol. The predicted octanol–water partition coefficient (Wildman–Crippen LogP) is 19.0. The van der Waals surface area contributed by atoms with E-state index in [1.807, 2.05) is 0 Å². The highest BCUT2D eigenvalue weighted by molar-refractivity contribution is 6.25. The van der Waals surface area contributed by atoms with E-state index in [1.165, 1.54) is 110 Å². The number of hydrogen-bond acceptors (Lipinski definition) is 1. The lowest BCUT2D eigenvalue weighted by molar-refractivity contribution is 0.660. The van der Waals surface area contributed by atoms with E-state index in [9.17, 15) is 0 Å². The molecule has 0 atom stereocenters. The van der Waals surface area contributed by atoms with Crippen molar-refractivity contribution >= 4 is 71.2 Å². The molecule has 2 nitrogen and oxygen atoms in total. The summed E-state index contributed by atoms with van der Waals surface area (Å²) in [5.41, 5.74) is 19.5. The van der Waals surface area contributed by atoms with E-state index in [-0.39, 0.29) is 5.41 Å². The van der Waals surface area contributed by atoms with E-state index in [0.717, 1.165) is 22.7 Å². The maximum atomic E-state index is 2.43. The summed E-state index contributed by atoms with van der Waals surface area (Å²) in [5, 5.41) is 10.2. The largest absolute Gasteiger partial charge is 0.311 e. The smallest absolute Gasteiger partial charge is 0.0541 e. The molecule has 0 radical (unpaired) electrons. The number of para-hydroxylation sites is 2. The Morgan fingerprint density at radius 2 is 0.676 bits per heavy atom. The third-order valence-corrected chi connectivity index (χ3v) is 15.4. The summed E-state index contributed by atoms with van der Waals surface area (Å²) in [7, 11) is 0. The van der Waals surface area contributed by atoms with Crippen LogP contribution in [0.2, 0.25) is 0 Å². The van der Waals surface area contributed by atoms with Crippen molar-refractivity contribution in [1.82, 2.24) is 4.57 Å². The molecule has 0 fully saturated rings. The van der Waals surface area contributed by atoms with Crippen molar-refractivity contribution in [1.29, 1.82) is 0 Å². The first-order valence-corrected chi connectivity index (χ1v) is 24.7. The van der Waals surface area contributed by atoms with Crippen LogP contribution in [0.15, 0.2) is 255 Å². The molecule has 0 spiro atoms. The quantitative estimate of drug-likeness (QED) is 0.145. The van der Waals surface area contributed by atoms with Crippen LogP contribution in [-0.4, -0.2) is 4.57 Å². The standard InChI is InChI=1S/C69H48N2/c1-69(2)65-24-14-13-23-60(65)61-38-30-50(44-66(61)69)49-32-40-68-64(43-49)63-42-48(31-39-67(63)71(68)52-17-7-4-8-18-52)46-27-35-54(36-28-46)70(51-15-5-3-6-16-51)53-33-25-45(26-34-53)47-29-37-59-57-21-10-9-19-55(57)56-20-11-12-22-58(56)62(59)41-47/h3-44H,1-2H3. The van der Waals surface area contributed by atoms with Crippen LogP contribution in [0.5, 0.6) is 0 Å². The fraction of sp³-hybridized carbons (Fsp3) is 0.0435. The van der Waals surface area contributed by atoms with Gasteiger partial charge in [-0.1, -0.05) is 184 Å². The number of rotatable bonds is 7. The first-order valence-electron chi connectivity index (χ1n) is 24.7. The molecule has 12 aromatic carbocycles. The number of nitrogens with zero attached hydrogens (tertiary/aromatic N) is 2. The second-order valence-electron chi connectivity index (χ2n) is 19.7. The van der Waals surface area contributed by atoms with E-state index in [1.54, 1.807) is 0 Å². The molecule has 0 unspecified atom stereocenters. The summed E-state index contributed by atoms with van der Waals surface area (Å²) in [5.74, 6) is 0. The topological polar surface area (TPSA) is 8.17 Å². The normalized spacial score (nSPS) is 12.8. The van der Waals surface area contributed by atoms with Crippen molar-refractivity contribution in [2.24, 2.45) is 0 Å². The Morgan fingerprint density at radius 3 is 1.27 bits per heavy atom. The molecule has 0 saturated heterocycles. The van der Waals surface area contributed by atoms with Crippen molar-refractivity contribution in [2.45, 2.75) is 19.3 Å². The molecule has 334 valence electrons. The van der Waals surface area contributed by atoms with E-state index in [4.69, 9.17) is 0 Å². The average molecular weight is 905 g/mol. The van der Waals surface area contributed by atoms with Crippen LogP contribution in [0.4, 0.5) is 17.1 Å². The van der Waals surface area contributed by atoms with Crippen LogP contribution in [0.1, 0.15) is 25.0 Å². The molecule has 0 bridgehead atoms. The van der Waals surface area contributed by atoms with Gasteiger partial charge in [0.1, 0.15) is 0 Å². The molecule has 1 aromatic heterocycles. The maximum absolute atomic E-state index is 2.43. The van der Waals surface area contributed by atoms with E-state index < -0.39 is 0 Å². The molecule has 1 heterocycles. The lowest BCUT2D eigenvalue weighted by atomic mass is 9.81. The van der Waals surface area contributed by atoms with Gasteiger partial charge in [0.25, 0.3) is 0 Å². The molecule has 0 aliphatic heterocycles. The highest BCUT2D eigenvalue weighted by atomic mass is 15.1. The van der Waals surface area contributed by atoms with E-state index in [0.29, 0.717) is 0 Å². The fourth-order valence-electron chi connectivity index (χ4n) is 11.8. The molecule has 0 N–H and O–H groups in total. The zero-order chi connectivity index (χ0) is 47.2. The first-order chi connectivity index (χ1) is 35.0. The van der Waals surface area contributed by atoms with Crippen molar-refractivity contribution in [3.8, 4) is 50.2 Å². The van der Waals surface area contributed by atoms with E-state index in [2.05, 4.69) is 278 Å². The molecule has 0 amide bonds. The van der Waals surface area contributed by atoms with Gasteiger partial charge in [-0.15, -0.1) is 0 Å². The van der Waals surface area contributed by atoms with Gasteiger partial charge in [-0.05, 0) is 173 Å². The van der Waals surface area contributed by atoms with Crippen molar-refractivity contribution < 1.29 is 0 Å². The minimum absolute atomic E-state index is 0.0615. The van der Waals surface area contributed by atoms with Crippen molar-refractivity contribution in [3.63, 3.8) is 0 Å². The summed E-state index contributed by atoms with van der Waals surface area (Å²) in [6, 6.07) is 94.0. The zero-order valence-electron chi connectivity index (χ0n) is 39.6. The third kappa shape index (κ3) is 6.56. The van der Waals surface area contributed by atoms with Gasteiger partial charge in [0.2, 0.25) is 0 Å². The molecule has 13 aromatic rings. The Morgan fingerprint density at radius 1 is 0.282 bits per heavy atom. The van der Waals surface area contributed by atoms with Gasteiger partial charge in [0, 0.05) is 38.9 Å². The zero-order valence-corrected chi connectivity index (χ0v) is 39.6. The SMILES string of the molecule is CC1(C)c2ccccc2-c2ccc(-c3ccc4c(c3)c3cc(-c5ccc(N(c6ccccc6)c6ccc(-c7ccc8c9ccccc9c9ccccc9c8c7)cc6)cc5)ccc3n4-c3ccccc3)cc21. The van der Waals surface area contributed by atoms with Crippen molar-refractivity contribution in [2.75, 3.05) is 4.90 Å². The van der Waals surface area contributed by atoms with Crippen LogP contribution in [0, 0.1) is 0 Å². The lowest BCUT2D eigenvalue weighted by Crippen LogP contribution is -2.14. The van der Waals surface area contributed by atoms with Crippen LogP contribution < -0.4 is 4.90 Å². The molecular weight excluding hydrogens is 857 g/mol. The second-order valence-corrected chi connectivity index (χ2v) is 19.7. The molecule has 2 heteroatoms. The van der Waals surface area contributed by atoms with Crippen LogP contribution >= 0.6 is 0 Å². The minimum atomic E-state index is -0.0615. The number of anilines is 3. The van der Waals surface area contributed by atoms with Gasteiger partial charge in [0.15, 0.2) is 0 Å². The summed E-state index contributed by atoms with van der Waals surface area (Å²) in [6.07, 6.45) is 0. The Hall–Kier alpha value is -8.98. The van der Waals surface area contributed by atoms with Gasteiger partial charge in [-0.2, -0.15) is 0 Å². The molecule has 0 saturated carbocycles. The minimum Gasteiger partial charge on any atom is -0.311 e. The molecule has 14 rings (SSSR count). The van der Waals surface area contributed by atoms with E-state index >= 15 is 0 Å². The summed E-state index contributed by atoms with van der Waals surface area (Å²) >= 11 is 0. The molecule has 1 aliphatic rings. The van der Waals surface area contributed by atoms with Crippen LogP contribution in [0.3, 0.4) is 0 Å². The van der Waals surface area contributed by atoms with Gasteiger partial charge in [0.05, 0.1) is 11.0 Å². The Balaban J connectivity index is 0.828. The third-order valence-electron chi connectivity index (χ3n) is 15.4. The Bertz CT molecular complexity index is 4180. The number of fused-ring (bicyclic) bond motifs is 12. The van der Waals surface area contributed by atoms with Crippen molar-refractivity contribution in [3.05, 3.63) is 266 Å². The van der Waals surface area contributed by atoms with Crippen LogP contribution in [0.25, 0.3) is 104 Å². The number of aromatic nitrogens is 1. The first kappa shape index (κ1) is 41.0. The predicted molar refractivity (Wildman–Crippen MR) is 302 cm³/mol.